The van der Waals surface area contributed by atoms with Crippen LogP contribution in [0.15, 0.2) is 107 Å². The molecule has 0 bridgehead atoms. The number of aromatic nitrogens is 4. The van der Waals surface area contributed by atoms with Gasteiger partial charge in [0.05, 0.1) is 18.5 Å². The zero-order chi connectivity index (χ0) is 23.3. The van der Waals surface area contributed by atoms with Gasteiger partial charge in [-0.2, -0.15) is 5.10 Å². The maximum Gasteiger partial charge on any atom is 0.276 e. The number of hydrogen-bond acceptors (Lipinski definition) is 6. The Kier molecular flexibility index (Phi) is 5.85. The molecule has 0 saturated heterocycles. The molecule has 8 nitrogen and oxygen atoms in total. The number of hydrogen-bond donors (Lipinski definition) is 1. The summed E-state index contributed by atoms with van der Waals surface area (Å²) in [7, 11) is 0. The molecule has 4 heterocycles. The van der Waals surface area contributed by atoms with Gasteiger partial charge in [-0.05, 0) is 42.0 Å². The van der Waals surface area contributed by atoms with Gasteiger partial charge in [-0.25, -0.2) is 4.68 Å². The summed E-state index contributed by atoms with van der Waals surface area (Å²) in [4.78, 5) is 30.5. The average molecular weight is 451 g/mol. The van der Waals surface area contributed by atoms with Crippen molar-refractivity contribution in [3.8, 4) is 5.69 Å². The molecule has 168 valence electrons. The largest absolute Gasteiger partial charge is 0.461 e. The summed E-state index contributed by atoms with van der Waals surface area (Å²) in [6.45, 7) is 0.815. The van der Waals surface area contributed by atoms with Crippen molar-refractivity contribution in [2.75, 3.05) is 5.32 Å². The second-order valence-corrected chi connectivity index (χ2v) is 7.62. The van der Waals surface area contributed by atoms with E-state index in [1.54, 1.807) is 47.3 Å². The molecular formula is C26H21N5O3. The maximum atomic E-state index is 13.4. The lowest BCUT2D eigenvalue weighted by Gasteiger charge is -2.11. The molecule has 8 heteroatoms. The average Bonchev–Trinajstić information content (AvgIpc) is 3.56. The number of nitrogens with zero attached hydrogens (tertiary/aromatic N) is 4. The topological polar surface area (TPSA) is 95.0 Å². The van der Waals surface area contributed by atoms with Gasteiger partial charge in [0, 0.05) is 25.0 Å². The number of ketones is 1. The number of nitrogens with one attached hydrogen (secondary N) is 1. The minimum atomic E-state index is -0.365. The van der Waals surface area contributed by atoms with Gasteiger partial charge in [-0.1, -0.05) is 36.4 Å². The number of pyridine rings is 2. The van der Waals surface area contributed by atoms with Crippen LogP contribution in [0, 0.1) is 0 Å². The number of anilines is 1. The van der Waals surface area contributed by atoms with E-state index >= 15 is 0 Å². The Morgan fingerprint density at radius 1 is 0.971 bits per heavy atom. The first-order valence-electron chi connectivity index (χ1n) is 10.7. The minimum absolute atomic E-state index is 0.171. The summed E-state index contributed by atoms with van der Waals surface area (Å²) in [5.74, 6) is 0.336. The monoisotopic (exact) mass is 451 g/mol. The van der Waals surface area contributed by atoms with Gasteiger partial charge < -0.3 is 14.3 Å². The predicted octanol–water partition coefficient (Wildman–Crippen LogP) is 3.91. The van der Waals surface area contributed by atoms with Crippen LogP contribution in [-0.4, -0.2) is 25.1 Å². The molecule has 1 aromatic carbocycles. The van der Waals surface area contributed by atoms with Crippen molar-refractivity contribution in [1.82, 2.24) is 19.3 Å². The summed E-state index contributed by atoms with van der Waals surface area (Å²) in [5, 5.41) is 7.78. The van der Waals surface area contributed by atoms with Crippen molar-refractivity contribution in [2.45, 2.75) is 13.1 Å². The summed E-state index contributed by atoms with van der Waals surface area (Å²) in [6.07, 6.45) is 4.83. The molecule has 5 rings (SSSR count). The molecule has 0 amide bonds. The molecule has 0 unspecified atom stereocenters. The van der Waals surface area contributed by atoms with E-state index in [2.05, 4.69) is 15.4 Å². The predicted molar refractivity (Wildman–Crippen MR) is 127 cm³/mol. The van der Waals surface area contributed by atoms with Crippen LogP contribution in [-0.2, 0) is 13.1 Å². The van der Waals surface area contributed by atoms with Gasteiger partial charge in [0.2, 0.25) is 5.78 Å². The Morgan fingerprint density at radius 2 is 1.82 bits per heavy atom. The van der Waals surface area contributed by atoms with Crippen LogP contribution in [0.3, 0.4) is 0 Å². The maximum absolute atomic E-state index is 13.4. The van der Waals surface area contributed by atoms with Crippen molar-refractivity contribution >= 4 is 11.6 Å². The Morgan fingerprint density at radius 3 is 2.59 bits per heavy atom. The van der Waals surface area contributed by atoms with Gasteiger partial charge in [-0.3, -0.25) is 14.6 Å². The van der Waals surface area contributed by atoms with Crippen LogP contribution >= 0.6 is 0 Å². The fraction of sp³-hybridized carbons (Fsp3) is 0.0769. The molecular weight excluding hydrogens is 430 g/mol. The number of benzene rings is 1. The molecule has 0 aliphatic rings. The van der Waals surface area contributed by atoms with Crippen molar-refractivity contribution in [3.63, 3.8) is 0 Å². The minimum Gasteiger partial charge on any atom is -0.461 e. The summed E-state index contributed by atoms with van der Waals surface area (Å²) in [6, 6.07) is 23.7. The van der Waals surface area contributed by atoms with E-state index in [1.165, 1.54) is 10.9 Å². The van der Waals surface area contributed by atoms with Crippen LogP contribution < -0.4 is 10.9 Å². The van der Waals surface area contributed by atoms with Crippen molar-refractivity contribution in [1.29, 1.82) is 0 Å². The number of carbonyl (C=O) groups excluding carboxylic acids is 1. The highest BCUT2D eigenvalue weighted by molar-refractivity contribution is 6.06. The van der Waals surface area contributed by atoms with Crippen LogP contribution in [0.4, 0.5) is 5.82 Å². The van der Waals surface area contributed by atoms with E-state index in [0.717, 1.165) is 11.3 Å². The van der Waals surface area contributed by atoms with Crippen LogP contribution in [0.1, 0.15) is 27.5 Å². The lowest BCUT2D eigenvalue weighted by Crippen LogP contribution is -2.25. The van der Waals surface area contributed by atoms with E-state index in [4.69, 9.17) is 4.42 Å². The highest BCUT2D eigenvalue weighted by Crippen LogP contribution is 2.19. The highest BCUT2D eigenvalue weighted by atomic mass is 16.3. The van der Waals surface area contributed by atoms with E-state index in [-0.39, 0.29) is 22.8 Å². The second kappa shape index (κ2) is 9.41. The zero-order valence-electron chi connectivity index (χ0n) is 18.2. The highest BCUT2D eigenvalue weighted by Gasteiger charge is 2.20. The molecule has 0 aliphatic carbocycles. The van der Waals surface area contributed by atoms with Crippen molar-refractivity contribution < 1.29 is 9.21 Å². The third kappa shape index (κ3) is 4.42. The third-order valence-electron chi connectivity index (χ3n) is 5.29. The summed E-state index contributed by atoms with van der Waals surface area (Å²) >= 11 is 0. The van der Waals surface area contributed by atoms with Gasteiger partial charge in [0.25, 0.3) is 5.56 Å². The van der Waals surface area contributed by atoms with E-state index < -0.39 is 0 Å². The van der Waals surface area contributed by atoms with Crippen LogP contribution in [0.5, 0.6) is 0 Å². The van der Waals surface area contributed by atoms with E-state index in [0.29, 0.717) is 24.6 Å². The van der Waals surface area contributed by atoms with E-state index in [9.17, 15) is 9.59 Å². The fourth-order valence-electron chi connectivity index (χ4n) is 3.60. The molecule has 0 radical (unpaired) electrons. The molecule has 1 N–H and O–H groups in total. The molecule has 34 heavy (non-hydrogen) atoms. The van der Waals surface area contributed by atoms with Crippen LogP contribution in [0.2, 0.25) is 0 Å². The fourth-order valence-corrected chi connectivity index (χ4v) is 3.60. The quantitative estimate of drug-likeness (QED) is 0.360. The van der Waals surface area contributed by atoms with Gasteiger partial charge in [0.15, 0.2) is 5.76 Å². The Labute approximate surface area is 195 Å². The molecule has 0 fully saturated rings. The first-order chi connectivity index (χ1) is 16.7. The van der Waals surface area contributed by atoms with Crippen molar-refractivity contribution in [3.05, 3.63) is 131 Å². The number of furan rings is 1. The Balaban J connectivity index is 1.53. The summed E-state index contributed by atoms with van der Waals surface area (Å²) < 4.78 is 8.28. The van der Waals surface area contributed by atoms with Crippen molar-refractivity contribution in [2.24, 2.45) is 0 Å². The zero-order valence-corrected chi connectivity index (χ0v) is 18.2. The SMILES string of the molecule is O=C(c1cc(NCc2ccccc2)n(-c2cccn(Cc3ccccn3)c2=O)n1)c1ccco1. The summed E-state index contributed by atoms with van der Waals surface area (Å²) in [5.41, 5.74) is 2.04. The van der Waals surface area contributed by atoms with E-state index in [1.807, 2.05) is 48.5 Å². The molecule has 0 saturated carbocycles. The molecule has 0 aliphatic heterocycles. The van der Waals surface area contributed by atoms with Gasteiger partial charge in [-0.15, -0.1) is 0 Å². The number of rotatable bonds is 8. The lowest BCUT2D eigenvalue weighted by molar-refractivity contribution is 0.100. The molecule has 4 aromatic heterocycles. The second-order valence-electron chi connectivity index (χ2n) is 7.62. The molecule has 0 atom stereocenters. The molecule has 0 spiro atoms. The lowest BCUT2D eigenvalue weighted by atomic mass is 10.2. The third-order valence-corrected chi connectivity index (χ3v) is 5.29. The molecule has 5 aromatic rings. The van der Waals surface area contributed by atoms with Crippen LogP contribution in [0.25, 0.3) is 5.69 Å². The Bertz CT molecular complexity index is 1460. The first-order valence-corrected chi connectivity index (χ1v) is 10.7. The standard InChI is InChI=1S/C26H21N5O3/c32-25(23-12-7-15-34-23)21-16-24(28-17-19-8-2-1-3-9-19)31(29-21)22-11-6-14-30(26(22)33)18-20-10-4-5-13-27-20/h1-16,28H,17-18H2. The smallest absolute Gasteiger partial charge is 0.276 e. The normalized spacial score (nSPS) is 10.8. The Hall–Kier alpha value is -4.72. The van der Waals surface area contributed by atoms with Gasteiger partial charge >= 0.3 is 0 Å². The number of carbonyl (C=O) groups is 1. The van der Waals surface area contributed by atoms with Gasteiger partial charge in [0.1, 0.15) is 17.2 Å². The first kappa shape index (κ1) is 21.1.